The van der Waals surface area contributed by atoms with E-state index < -0.39 is 20.7 Å². The van der Waals surface area contributed by atoms with Gasteiger partial charge in [-0.3, -0.25) is 4.55 Å². The molecule has 1 aliphatic heterocycles. The zero-order valence-electron chi connectivity index (χ0n) is 16.0. The highest BCUT2D eigenvalue weighted by Crippen LogP contribution is 2.47. The van der Waals surface area contributed by atoms with Gasteiger partial charge in [0.05, 0.1) is 6.26 Å². The van der Waals surface area contributed by atoms with E-state index in [-0.39, 0.29) is 7.43 Å². The van der Waals surface area contributed by atoms with E-state index in [0.29, 0.717) is 6.26 Å². The van der Waals surface area contributed by atoms with Crippen molar-refractivity contribution in [3.8, 4) is 23.0 Å². The SMILES string of the molecule is C.CS(=O)(=O)O.O=S(=O)=O.c1ccc2cc3c(cc2c1)Oc1cc2ccccc2cc1O3. The van der Waals surface area contributed by atoms with Gasteiger partial charge in [-0.15, -0.1) is 12.6 Å². The molecule has 0 aliphatic carbocycles. The van der Waals surface area contributed by atoms with Gasteiger partial charge in [-0.1, -0.05) is 56.0 Å². The summed E-state index contributed by atoms with van der Waals surface area (Å²) in [6.45, 7) is 0. The molecule has 0 amide bonds. The van der Waals surface area contributed by atoms with Crippen molar-refractivity contribution in [2.24, 2.45) is 0 Å². The lowest BCUT2D eigenvalue weighted by Crippen LogP contribution is -1.99. The molecule has 5 rings (SSSR count). The van der Waals surface area contributed by atoms with Crippen LogP contribution in [0.15, 0.2) is 72.8 Å². The van der Waals surface area contributed by atoms with Crippen LogP contribution in [0.5, 0.6) is 23.0 Å². The van der Waals surface area contributed by atoms with E-state index in [4.69, 9.17) is 26.7 Å². The molecule has 1 aliphatic rings. The van der Waals surface area contributed by atoms with E-state index in [0.717, 1.165) is 44.5 Å². The number of rotatable bonds is 0. The largest absolute Gasteiger partial charge is 0.449 e. The Balaban J connectivity index is 0.000000314. The molecule has 0 bridgehead atoms. The first-order valence-electron chi connectivity index (χ1n) is 8.70. The lowest BCUT2D eigenvalue weighted by atomic mass is 10.1. The number of hydrogen-bond donors (Lipinski definition) is 1. The van der Waals surface area contributed by atoms with E-state index in [1.807, 2.05) is 48.5 Å². The van der Waals surface area contributed by atoms with E-state index in [1.165, 1.54) is 0 Å². The fourth-order valence-corrected chi connectivity index (χ4v) is 2.95. The standard InChI is InChI=1S/C20H12O2.CH4O3S.CH4.O3S/c1-2-6-14-10-18-17(9-13(14)5-1)21-19-11-15-7-3-4-8-16(15)12-20(19)22-18;1-5(2,3)4;;1-4(2)3/h1-12H;1H3,(H,2,3,4);1H4;. The third kappa shape index (κ3) is 6.77. The van der Waals surface area contributed by atoms with E-state index in [1.54, 1.807) is 0 Å². The molecule has 1 N–H and O–H groups in total. The highest BCUT2D eigenvalue weighted by molar-refractivity contribution is 7.85. The summed E-state index contributed by atoms with van der Waals surface area (Å²) in [5, 5.41) is 4.59. The van der Waals surface area contributed by atoms with E-state index in [9.17, 15) is 8.42 Å². The fourth-order valence-electron chi connectivity index (χ4n) is 2.95. The second-order valence-corrected chi connectivity index (χ2v) is 8.31. The Kier molecular flexibility index (Phi) is 7.92. The van der Waals surface area contributed by atoms with Gasteiger partial charge in [0.15, 0.2) is 23.0 Å². The highest BCUT2D eigenvalue weighted by Gasteiger charge is 2.20. The van der Waals surface area contributed by atoms with Crippen LogP contribution in [0, 0.1) is 0 Å². The zero-order chi connectivity index (χ0) is 22.6. The lowest BCUT2D eigenvalue weighted by molar-refractivity contribution is 0.361. The monoisotopic (exact) mass is 476 g/mol. The van der Waals surface area contributed by atoms with Crippen LogP contribution >= 0.6 is 0 Å². The van der Waals surface area contributed by atoms with Crippen molar-refractivity contribution in [1.29, 1.82) is 0 Å². The summed E-state index contributed by atoms with van der Waals surface area (Å²) in [5.74, 6) is 3.06. The van der Waals surface area contributed by atoms with Crippen LogP contribution in [0.4, 0.5) is 0 Å². The van der Waals surface area contributed by atoms with Crippen molar-refractivity contribution in [3.63, 3.8) is 0 Å². The minimum Gasteiger partial charge on any atom is -0.449 e. The molecule has 0 spiro atoms. The minimum absolute atomic E-state index is 0. The minimum atomic E-state index is -3.67. The van der Waals surface area contributed by atoms with Gasteiger partial charge in [0.2, 0.25) is 0 Å². The molecule has 8 nitrogen and oxygen atoms in total. The molecule has 10 heteroatoms. The quantitative estimate of drug-likeness (QED) is 0.309. The number of ether oxygens (including phenoxy) is 2. The Morgan fingerprint density at radius 3 is 1.03 bits per heavy atom. The van der Waals surface area contributed by atoms with Crippen LogP contribution in [0.3, 0.4) is 0 Å². The first-order valence-corrected chi connectivity index (χ1v) is 11.6. The van der Waals surface area contributed by atoms with Crippen molar-refractivity contribution in [3.05, 3.63) is 72.8 Å². The predicted octanol–water partition coefficient (Wildman–Crippen LogP) is 5.03. The average molecular weight is 477 g/mol. The van der Waals surface area contributed by atoms with Crippen molar-refractivity contribution < 1.29 is 35.1 Å². The first-order chi connectivity index (χ1) is 14.6. The Labute approximate surface area is 186 Å². The molecule has 0 unspecified atom stereocenters. The van der Waals surface area contributed by atoms with Crippen LogP contribution in [0.25, 0.3) is 21.5 Å². The second-order valence-electron chi connectivity index (χ2n) is 6.43. The zero-order valence-corrected chi connectivity index (χ0v) is 17.7. The number of benzene rings is 4. The van der Waals surface area contributed by atoms with Gasteiger partial charge in [0, 0.05) is 0 Å². The van der Waals surface area contributed by atoms with Gasteiger partial charge in [-0.25, -0.2) is 0 Å². The summed E-state index contributed by atoms with van der Waals surface area (Å²) in [6, 6.07) is 24.5. The molecule has 0 fully saturated rings. The van der Waals surface area contributed by atoms with Crippen molar-refractivity contribution in [2.45, 2.75) is 7.43 Å². The first kappa shape index (κ1) is 24.8. The number of hydrogen-bond acceptors (Lipinski definition) is 7. The van der Waals surface area contributed by atoms with Crippen molar-refractivity contribution in [2.75, 3.05) is 6.26 Å². The maximum atomic E-state index is 9.19. The molecule has 0 aromatic heterocycles. The van der Waals surface area contributed by atoms with Gasteiger partial charge < -0.3 is 9.47 Å². The third-order valence-corrected chi connectivity index (χ3v) is 4.06. The maximum Gasteiger partial charge on any atom is 0.425 e. The summed E-state index contributed by atoms with van der Waals surface area (Å²) in [5.41, 5.74) is 0. The molecule has 0 saturated carbocycles. The lowest BCUT2D eigenvalue weighted by Gasteiger charge is -2.21. The topological polar surface area (TPSA) is 124 Å². The Morgan fingerprint density at radius 1 is 0.656 bits per heavy atom. The van der Waals surface area contributed by atoms with Crippen LogP contribution in [-0.2, 0) is 20.7 Å². The Hall–Kier alpha value is -3.47. The summed E-state index contributed by atoms with van der Waals surface area (Å²) < 4.78 is 63.3. The summed E-state index contributed by atoms with van der Waals surface area (Å²) in [6.07, 6.45) is 0.715. The van der Waals surface area contributed by atoms with Crippen molar-refractivity contribution >= 4 is 42.3 Å². The molecule has 0 atom stereocenters. The average Bonchev–Trinajstić information content (AvgIpc) is 2.67. The molecule has 4 aromatic rings. The van der Waals surface area contributed by atoms with Crippen LogP contribution in [-0.4, -0.2) is 31.9 Å². The Bertz CT molecular complexity index is 1300. The smallest absolute Gasteiger partial charge is 0.425 e. The van der Waals surface area contributed by atoms with Gasteiger partial charge in [-0.05, 0) is 45.8 Å². The Morgan fingerprint density at radius 2 is 0.844 bits per heavy atom. The molecule has 1 heterocycles. The van der Waals surface area contributed by atoms with E-state index >= 15 is 0 Å². The molecular formula is C22H20O8S2. The fraction of sp³-hybridized carbons (Fsp3) is 0.0909. The summed E-state index contributed by atoms with van der Waals surface area (Å²) in [4.78, 5) is 0. The molecule has 0 saturated heterocycles. The molecule has 32 heavy (non-hydrogen) atoms. The van der Waals surface area contributed by atoms with Crippen LogP contribution in [0.1, 0.15) is 7.43 Å². The normalized spacial score (nSPS) is 11.1. The maximum absolute atomic E-state index is 9.19. The van der Waals surface area contributed by atoms with Crippen LogP contribution < -0.4 is 9.47 Å². The van der Waals surface area contributed by atoms with Gasteiger partial charge >= 0.3 is 10.6 Å². The van der Waals surface area contributed by atoms with Crippen LogP contribution in [0.2, 0.25) is 0 Å². The van der Waals surface area contributed by atoms with Gasteiger partial charge in [-0.2, -0.15) is 8.42 Å². The van der Waals surface area contributed by atoms with Gasteiger partial charge in [0.1, 0.15) is 0 Å². The summed E-state index contributed by atoms with van der Waals surface area (Å²) in [7, 11) is -6.78. The summed E-state index contributed by atoms with van der Waals surface area (Å²) >= 11 is 0. The molecule has 0 radical (unpaired) electrons. The molecule has 168 valence electrons. The van der Waals surface area contributed by atoms with Crippen molar-refractivity contribution in [1.82, 2.24) is 0 Å². The highest BCUT2D eigenvalue weighted by atomic mass is 32.2. The third-order valence-electron chi connectivity index (χ3n) is 4.06. The molecular weight excluding hydrogens is 456 g/mol. The number of fused-ring (bicyclic) bond motifs is 4. The van der Waals surface area contributed by atoms with Gasteiger partial charge in [0.25, 0.3) is 10.1 Å². The molecule has 4 aromatic carbocycles. The second kappa shape index (κ2) is 10.2. The predicted molar refractivity (Wildman–Crippen MR) is 122 cm³/mol. The van der Waals surface area contributed by atoms with E-state index in [2.05, 4.69) is 24.3 Å².